The molecule has 0 saturated carbocycles. The van der Waals surface area contributed by atoms with Crippen molar-refractivity contribution in [2.45, 2.75) is 19.4 Å². The number of benzene rings is 2. The number of rotatable bonds is 8. The van der Waals surface area contributed by atoms with Crippen molar-refractivity contribution in [1.82, 2.24) is 15.1 Å². The van der Waals surface area contributed by atoms with E-state index in [-0.39, 0.29) is 5.91 Å². The van der Waals surface area contributed by atoms with Gasteiger partial charge in [0.15, 0.2) is 0 Å². The van der Waals surface area contributed by atoms with Gasteiger partial charge in [-0.15, -0.1) is 0 Å². The quantitative estimate of drug-likeness (QED) is 0.743. The number of hydrogen-bond donors (Lipinski definition) is 1. The average molecular weight is 351 g/mol. The number of piperazine rings is 1. The SMILES string of the molecule is O=C(CCNCCc1ccccc1)N1CCN(Cc2ccccc2)CC1. The predicted molar refractivity (Wildman–Crippen MR) is 106 cm³/mol. The molecule has 4 nitrogen and oxygen atoms in total. The van der Waals surface area contributed by atoms with Gasteiger partial charge in [0.25, 0.3) is 0 Å². The Bertz CT molecular complexity index is 652. The van der Waals surface area contributed by atoms with Gasteiger partial charge in [0.2, 0.25) is 5.91 Å². The van der Waals surface area contributed by atoms with E-state index in [9.17, 15) is 4.79 Å². The Labute approximate surface area is 156 Å². The lowest BCUT2D eigenvalue weighted by atomic mass is 10.1. The number of carbonyl (C=O) groups is 1. The van der Waals surface area contributed by atoms with Crippen LogP contribution in [-0.2, 0) is 17.8 Å². The van der Waals surface area contributed by atoms with Crippen LogP contribution in [0.3, 0.4) is 0 Å². The highest BCUT2D eigenvalue weighted by atomic mass is 16.2. The smallest absolute Gasteiger partial charge is 0.223 e. The lowest BCUT2D eigenvalue weighted by molar-refractivity contribution is -0.132. The lowest BCUT2D eigenvalue weighted by Gasteiger charge is -2.34. The van der Waals surface area contributed by atoms with Gasteiger partial charge in [0.05, 0.1) is 0 Å². The van der Waals surface area contributed by atoms with Gasteiger partial charge in [-0.25, -0.2) is 0 Å². The molecule has 4 heteroatoms. The second-order valence-corrected chi connectivity index (χ2v) is 6.88. The number of hydrogen-bond acceptors (Lipinski definition) is 3. The van der Waals surface area contributed by atoms with Crippen LogP contribution in [0.15, 0.2) is 60.7 Å². The van der Waals surface area contributed by atoms with E-state index in [0.717, 1.165) is 52.2 Å². The Morgan fingerprint density at radius 2 is 1.42 bits per heavy atom. The molecule has 0 atom stereocenters. The topological polar surface area (TPSA) is 35.6 Å². The minimum Gasteiger partial charge on any atom is -0.340 e. The third kappa shape index (κ3) is 5.97. The third-order valence-electron chi connectivity index (χ3n) is 4.92. The van der Waals surface area contributed by atoms with Gasteiger partial charge in [-0.05, 0) is 24.1 Å². The van der Waals surface area contributed by atoms with Crippen molar-refractivity contribution in [2.24, 2.45) is 0 Å². The van der Waals surface area contributed by atoms with E-state index in [0.29, 0.717) is 6.42 Å². The van der Waals surface area contributed by atoms with Crippen LogP contribution in [0.25, 0.3) is 0 Å². The fourth-order valence-electron chi connectivity index (χ4n) is 3.35. The third-order valence-corrected chi connectivity index (χ3v) is 4.92. The van der Waals surface area contributed by atoms with Crippen LogP contribution >= 0.6 is 0 Å². The van der Waals surface area contributed by atoms with Crippen LogP contribution < -0.4 is 5.32 Å². The second kappa shape index (κ2) is 10.1. The number of nitrogens with one attached hydrogen (secondary N) is 1. The highest BCUT2D eigenvalue weighted by Crippen LogP contribution is 2.09. The van der Waals surface area contributed by atoms with Crippen molar-refractivity contribution in [2.75, 3.05) is 39.3 Å². The Morgan fingerprint density at radius 1 is 0.808 bits per heavy atom. The summed E-state index contributed by atoms with van der Waals surface area (Å²) in [4.78, 5) is 16.8. The highest BCUT2D eigenvalue weighted by molar-refractivity contribution is 5.76. The first kappa shape index (κ1) is 18.6. The molecule has 1 fully saturated rings. The van der Waals surface area contributed by atoms with Gasteiger partial charge >= 0.3 is 0 Å². The molecule has 1 aliphatic rings. The average Bonchev–Trinajstić information content (AvgIpc) is 2.70. The molecule has 26 heavy (non-hydrogen) atoms. The van der Waals surface area contributed by atoms with Crippen molar-refractivity contribution >= 4 is 5.91 Å². The molecule has 1 heterocycles. The maximum atomic E-state index is 12.4. The van der Waals surface area contributed by atoms with Crippen molar-refractivity contribution < 1.29 is 4.79 Å². The normalized spacial score (nSPS) is 15.2. The highest BCUT2D eigenvalue weighted by Gasteiger charge is 2.20. The zero-order chi connectivity index (χ0) is 18.0. The van der Waals surface area contributed by atoms with Crippen LogP contribution in [0, 0.1) is 0 Å². The van der Waals surface area contributed by atoms with E-state index in [1.54, 1.807) is 0 Å². The largest absolute Gasteiger partial charge is 0.340 e. The summed E-state index contributed by atoms with van der Waals surface area (Å²) < 4.78 is 0. The zero-order valence-electron chi connectivity index (χ0n) is 15.4. The molecule has 0 aliphatic carbocycles. The molecule has 1 N–H and O–H groups in total. The predicted octanol–water partition coefficient (Wildman–Crippen LogP) is 2.55. The number of amides is 1. The van der Waals surface area contributed by atoms with E-state index in [2.05, 4.69) is 58.7 Å². The molecule has 3 rings (SSSR count). The molecule has 2 aromatic rings. The van der Waals surface area contributed by atoms with E-state index in [4.69, 9.17) is 0 Å². The summed E-state index contributed by atoms with van der Waals surface area (Å²) in [5.74, 6) is 0.275. The summed E-state index contributed by atoms with van der Waals surface area (Å²) in [6, 6.07) is 21.0. The maximum Gasteiger partial charge on any atom is 0.223 e. The van der Waals surface area contributed by atoms with E-state index in [1.165, 1.54) is 11.1 Å². The molecule has 0 radical (unpaired) electrons. The Hall–Kier alpha value is -2.17. The fraction of sp³-hybridized carbons (Fsp3) is 0.409. The molecule has 138 valence electrons. The fourth-order valence-corrected chi connectivity index (χ4v) is 3.35. The number of carbonyl (C=O) groups excluding carboxylic acids is 1. The Balaban J connectivity index is 1.29. The Kier molecular flexibility index (Phi) is 7.23. The monoisotopic (exact) mass is 351 g/mol. The van der Waals surface area contributed by atoms with Crippen molar-refractivity contribution in [3.8, 4) is 0 Å². The molecule has 1 aliphatic heterocycles. The van der Waals surface area contributed by atoms with Crippen LogP contribution in [0.1, 0.15) is 17.5 Å². The molecule has 1 amide bonds. The molecular weight excluding hydrogens is 322 g/mol. The van der Waals surface area contributed by atoms with E-state index < -0.39 is 0 Å². The first-order valence-electron chi connectivity index (χ1n) is 9.60. The molecule has 0 bridgehead atoms. The molecule has 0 unspecified atom stereocenters. The van der Waals surface area contributed by atoms with Crippen LogP contribution in [-0.4, -0.2) is 55.0 Å². The van der Waals surface area contributed by atoms with Gasteiger partial charge in [0.1, 0.15) is 0 Å². The summed E-state index contributed by atoms with van der Waals surface area (Å²) in [6.07, 6.45) is 1.60. The summed E-state index contributed by atoms with van der Waals surface area (Å²) in [5.41, 5.74) is 2.68. The van der Waals surface area contributed by atoms with Gasteiger partial charge in [-0.2, -0.15) is 0 Å². The summed E-state index contributed by atoms with van der Waals surface area (Å²) >= 11 is 0. The summed E-state index contributed by atoms with van der Waals surface area (Å²) in [6.45, 7) is 6.26. The van der Waals surface area contributed by atoms with Crippen molar-refractivity contribution in [1.29, 1.82) is 0 Å². The molecule has 0 aromatic heterocycles. The maximum absolute atomic E-state index is 12.4. The summed E-state index contributed by atoms with van der Waals surface area (Å²) in [5, 5.41) is 3.39. The molecule has 2 aromatic carbocycles. The first-order chi connectivity index (χ1) is 12.8. The summed E-state index contributed by atoms with van der Waals surface area (Å²) in [7, 11) is 0. The van der Waals surface area contributed by atoms with Gasteiger partial charge < -0.3 is 10.2 Å². The van der Waals surface area contributed by atoms with Gasteiger partial charge in [-0.1, -0.05) is 60.7 Å². The molecule has 1 saturated heterocycles. The van der Waals surface area contributed by atoms with Crippen LogP contribution in [0.4, 0.5) is 0 Å². The molecular formula is C22H29N3O. The second-order valence-electron chi connectivity index (χ2n) is 6.88. The first-order valence-corrected chi connectivity index (χ1v) is 9.60. The van der Waals surface area contributed by atoms with Crippen molar-refractivity contribution in [3.63, 3.8) is 0 Å². The lowest BCUT2D eigenvalue weighted by Crippen LogP contribution is -2.48. The van der Waals surface area contributed by atoms with Gasteiger partial charge in [-0.3, -0.25) is 9.69 Å². The van der Waals surface area contributed by atoms with Gasteiger partial charge in [0, 0.05) is 45.7 Å². The zero-order valence-corrected chi connectivity index (χ0v) is 15.4. The minimum absolute atomic E-state index is 0.275. The van der Waals surface area contributed by atoms with Crippen molar-refractivity contribution in [3.05, 3.63) is 71.8 Å². The standard InChI is InChI=1S/C22H29N3O/c26-22(12-14-23-13-11-20-7-3-1-4-8-20)25-17-15-24(16-18-25)19-21-9-5-2-6-10-21/h1-10,23H,11-19H2. The number of nitrogens with zero attached hydrogens (tertiary/aromatic N) is 2. The van der Waals surface area contributed by atoms with Crippen LogP contribution in [0.5, 0.6) is 0 Å². The van der Waals surface area contributed by atoms with E-state index in [1.807, 2.05) is 17.0 Å². The van der Waals surface area contributed by atoms with E-state index >= 15 is 0 Å². The van der Waals surface area contributed by atoms with Crippen LogP contribution in [0.2, 0.25) is 0 Å². The Morgan fingerprint density at radius 3 is 2.08 bits per heavy atom. The minimum atomic E-state index is 0.275. The molecule has 0 spiro atoms.